The van der Waals surface area contributed by atoms with E-state index in [0.717, 1.165) is 25.7 Å². The molecule has 6 nitrogen and oxygen atoms in total. The second-order valence-corrected chi connectivity index (χ2v) is 12.1. The van der Waals surface area contributed by atoms with E-state index < -0.39 is 7.82 Å². The van der Waals surface area contributed by atoms with Gasteiger partial charge in [0.1, 0.15) is 6.10 Å². The van der Waals surface area contributed by atoms with Crippen LogP contribution >= 0.6 is 7.82 Å². The van der Waals surface area contributed by atoms with Gasteiger partial charge >= 0.3 is 7.82 Å². The minimum Gasteiger partial charge on any atom is -0.379 e. The molecule has 0 aliphatic heterocycles. The zero-order valence-corrected chi connectivity index (χ0v) is 25.8. The molecule has 0 saturated heterocycles. The van der Waals surface area contributed by atoms with Gasteiger partial charge in [-0.15, -0.1) is 0 Å². The average molecular weight is 551 g/mol. The lowest BCUT2D eigenvalue weighted by molar-refractivity contribution is -0.0221. The minimum absolute atomic E-state index is 0.0142. The number of methoxy groups -OCH3 is 1. The molecule has 0 spiro atoms. The second kappa shape index (κ2) is 29.0. The van der Waals surface area contributed by atoms with Crippen LogP contribution < -0.4 is 0 Å². The van der Waals surface area contributed by atoms with Crippen LogP contribution in [0, 0.1) is 0 Å². The monoisotopic (exact) mass is 550 g/mol. The van der Waals surface area contributed by atoms with E-state index in [2.05, 4.69) is 13.8 Å². The molecule has 0 heterocycles. The van der Waals surface area contributed by atoms with Crippen molar-refractivity contribution >= 4 is 7.82 Å². The van der Waals surface area contributed by atoms with Crippen molar-refractivity contribution < 1.29 is 28.0 Å². The number of unbranched alkanes of at least 4 members (excludes halogenated alkanes) is 20. The molecule has 0 rings (SSSR count). The lowest BCUT2D eigenvalue weighted by atomic mass is 10.0. The van der Waals surface area contributed by atoms with Crippen LogP contribution in [0.25, 0.3) is 0 Å². The van der Waals surface area contributed by atoms with Gasteiger partial charge < -0.3 is 14.4 Å². The Morgan fingerprint density at radius 3 is 1.32 bits per heavy atom. The average Bonchev–Trinajstić information content (AvgIpc) is 2.89. The summed E-state index contributed by atoms with van der Waals surface area (Å²) in [5, 5.41) is 0. The highest BCUT2D eigenvalue weighted by atomic mass is 31.2. The Morgan fingerprint density at radius 2 is 0.919 bits per heavy atom. The van der Waals surface area contributed by atoms with Crippen molar-refractivity contribution in [2.45, 2.75) is 161 Å². The molecule has 0 aliphatic carbocycles. The van der Waals surface area contributed by atoms with Crippen molar-refractivity contribution in [2.75, 3.05) is 33.5 Å². The van der Waals surface area contributed by atoms with E-state index >= 15 is 0 Å². The number of rotatable bonds is 31. The number of ether oxygens (including phenoxy) is 2. The molecule has 0 bridgehead atoms. The summed E-state index contributed by atoms with van der Waals surface area (Å²) in [5.74, 6) is 0. The molecule has 0 fully saturated rings. The summed E-state index contributed by atoms with van der Waals surface area (Å²) >= 11 is 0. The first-order chi connectivity index (χ1) is 18.1. The molecular formula is C30H63O6P. The molecule has 1 unspecified atom stereocenters. The Balaban J connectivity index is 3.47. The van der Waals surface area contributed by atoms with Crippen LogP contribution in [0.5, 0.6) is 0 Å². The fourth-order valence-corrected chi connectivity index (χ4v) is 5.22. The number of hydrogen-bond donors (Lipinski definition) is 1. The predicted molar refractivity (Wildman–Crippen MR) is 156 cm³/mol. The normalized spacial score (nSPS) is 14.2. The van der Waals surface area contributed by atoms with Crippen LogP contribution in [0.3, 0.4) is 0 Å². The van der Waals surface area contributed by atoms with Gasteiger partial charge in [-0.05, 0) is 12.8 Å². The summed E-state index contributed by atoms with van der Waals surface area (Å²) in [6.07, 6.45) is 27.8. The van der Waals surface area contributed by atoms with Crippen LogP contribution in [-0.2, 0) is 23.1 Å². The molecular weight excluding hydrogens is 487 g/mol. The zero-order valence-electron chi connectivity index (χ0n) is 24.9. The van der Waals surface area contributed by atoms with Gasteiger partial charge in [0.15, 0.2) is 0 Å². The minimum atomic E-state index is -4.03. The van der Waals surface area contributed by atoms with Gasteiger partial charge in [-0.1, -0.05) is 142 Å². The quantitative estimate of drug-likeness (QED) is 0.0684. The van der Waals surface area contributed by atoms with Crippen LogP contribution in [0.2, 0.25) is 0 Å². The van der Waals surface area contributed by atoms with E-state index in [-0.39, 0.29) is 19.3 Å². The van der Waals surface area contributed by atoms with Crippen LogP contribution in [0.4, 0.5) is 0 Å². The van der Waals surface area contributed by atoms with Gasteiger partial charge in [0, 0.05) is 13.7 Å². The molecule has 0 saturated carbocycles. The van der Waals surface area contributed by atoms with E-state index in [0.29, 0.717) is 13.2 Å². The summed E-state index contributed by atoms with van der Waals surface area (Å²) in [6.45, 7) is 5.73. The fraction of sp³-hybridized carbons (Fsp3) is 1.00. The van der Waals surface area contributed by atoms with Gasteiger partial charge in [-0.3, -0.25) is 9.05 Å². The maximum Gasteiger partial charge on any atom is 0.472 e. The van der Waals surface area contributed by atoms with Crippen LogP contribution in [-0.4, -0.2) is 44.5 Å². The largest absolute Gasteiger partial charge is 0.472 e. The summed E-state index contributed by atoms with van der Waals surface area (Å²) in [6, 6.07) is 0. The number of phosphoric acid groups is 1. The van der Waals surface area contributed by atoms with E-state index in [1.54, 1.807) is 7.11 Å². The van der Waals surface area contributed by atoms with Crippen molar-refractivity contribution in [3.05, 3.63) is 0 Å². The first-order valence-electron chi connectivity index (χ1n) is 15.8. The van der Waals surface area contributed by atoms with Gasteiger partial charge in [0.2, 0.25) is 0 Å². The first kappa shape index (κ1) is 37.0. The Hall–Kier alpha value is 0.0300. The Kier molecular flexibility index (Phi) is 29.0. The second-order valence-electron chi connectivity index (χ2n) is 10.6. The van der Waals surface area contributed by atoms with E-state index in [1.165, 1.54) is 116 Å². The molecule has 0 radical (unpaired) electrons. The van der Waals surface area contributed by atoms with Crippen LogP contribution in [0.15, 0.2) is 0 Å². The molecule has 0 aromatic carbocycles. The molecule has 37 heavy (non-hydrogen) atoms. The number of phosphoric ester groups is 1. The predicted octanol–water partition coefficient (Wildman–Crippen LogP) is 9.77. The van der Waals surface area contributed by atoms with Crippen molar-refractivity contribution in [1.29, 1.82) is 0 Å². The van der Waals surface area contributed by atoms with Crippen molar-refractivity contribution in [2.24, 2.45) is 0 Å². The zero-order chi connectivity index (χ0) is 27.3. The molecule has 224 valence electrons. The fourth-order valence-electron chi connectivity index (χ4n) is 4.43. The standard InChI is InChI=1S/C30H63O6P/c1-4-6-8-10-12-13-14-15-16-17-18-19-20-21-22-24-26-34-28-30(33-3)29-36-37(31,32)35-27-25-23-11-9-7-5-2/h30H,4-29H2,1-3H3,(H,31,32)/t30-/m1/s1. The van der Waals surface area contributed by atoms with Crippen molar-refractivity contribution in [1.82, 2.24) is 0 Å². The first-order valence-corrected chi connectivity index (χ1v) is 17.3. The highest BCUT2D eigenvalue weighted by Gasteiger charge is 2.23. The molecule has 1 N–H and O–H groups in total. The van der Waals surface area contributed by atoms with E-state index in [9.17, 15) is 9.46 Å². The maximum atomic E-state index is 12.0. The topological polar surface area (TPSA) is 74.2 Å². The molecule has 0 aromatic heterocycles. The summed E-state index contributed by atoms with van der Waals surface area (Å²) < 4.78 is 33.2. The molecule has 0 aliphatic rings. The highest BCUT2D eigenvalue weighted by Crippen LogP contribution is 2.43. The lowest BCUT2D eigenvalue weighted by Gasteiger charge is -2.18. The van der Waals surface area contributed by atoms with Gasteiger partial charge in [0.25, 0.3) is 0 Å². The summed E-state index contributed by atoms with van der Waals surface area (Å²) in [4.78, 5) is 9.84. The smallest absolute Gasteiger partial charge is 0.379 e. The number of hydrogen-bond acceptors (Lipinski definition) is 5. The van der Waals surface area contributed by atoms with Gasteiger partial charge in [0.05, 0.1) is 19.8 Å². The van der Waals surface area contributed by atoms with Crippen molar-refractivity contribution in [3.8, 4) is 0 Å². The molecule has 7 heteroatoms. The van der Waals surface area contributed by atoms with Gasteiger partial charge in [-0.2, -0.15) is 0 Å². The summed E-state index contributed by atoms with van der Waals surface area (Å²) in [7, 11) is -2.47. The molecule has 2 atom stereocenters. The van der Waals surface area contributed by atoms with Crippen LogP contribution in [0.1, 0.15) is 155 Å². The lowest BCUT2D eigenvalue weighted by Crippen LogP contribution is -2.24. The van der Waals surface area contributed by atoms with Crippen molar-refractivity contribution in [3.63, 3.8) is 0 Å². The maximum absolute atomic E-state index is 12.0. The third kappa shape index (κ3) is 28.8. The Bertz CT molecular complexity index is 491. The summed E-state index contributed by atoms with van der Waals surface area (Å²) in [5.41, 5.74) is 0. The Morgan fingerprint density at radius 1 is 0.541 bits per heavy atom. The molecule has 0 amide bonds. The van der Waals surface area contributed by atoms with E-state index in [1.807, 2.05) is 0 Å². The van der Waals surface area contributed by atoms with Gasteiger partial charge in [-0.25, -0.2) is 4.57 Å². The van der Waals surface area contributed by atoms with E-state index in [4.69, 9.17) is 18.5 Å². The molecule has 0 aromatic rings. The Labute approximate surface area is 230 Å². The highest BCUT2D eigenvalue weighted by molar-refractivity contribution is 7.47. The third-order valence-electron chi connectivity index (χ3n) is 6.96. The SMILES string of the molecule is CCCCCCCCCCCCCCCCCCOC[C@H](COP(=O)(O)OCCCCCCCC)OC. The third-order valence-corrected chi connectivity index (χ3v) is 7.94.